The first-order valence-electron chi connectivity index (χ1n) is 12.4. The average molecular weight is 500 g/mol. The first kappa shape index (κ1) is 24.6. The van der Waals surface area contributed by atoms with Gasteiger partial charge in [0.2, 0.25) is 5.76 Å². The standard InChI is InChI=1S/C30H30N2O5/c1-19-9-11-20(12-10-19)18-36-24-14-13-21(17-25(24)35-4)27-26-28(33)22-7-5-6-8-23(22)37-29(26)30(34)32(27)16-15-31(2)3/h5-14,17,27H,15-16,18H2,1-4H3/p+1/t27-/m0/s1. The van der Waals surface area contributed by atoms with Crippen LogP contribution in [0.1, 0.15) is 38.9 Å². The SMILES string of the molecule is COc1cc([C@H]2c3c(oc4ccccc4c3=O)C(=O)N2CC[NH+](C)C)ccc1OCc1ccc(C)cc1. The number of amides is 1. The van der Waals surface area contributed by atoms with Crippen molar-refractivity contribution in [1.82, 2.24) is 4.90 Å². The lowest BCUT2D eigenvalue weighted by molar-refractivity contribution is -0.857. The van der Waals surface area contributed by atoms with Gasteiger partial charge in [-0.05, 0) is 42.3 Å². The maximum Gasteiger partial charge on any atom is 0.291 e. The zero-order chi connectivity index (χ0) is 26.1. The van der Waals surface area contributed by atoms with Gasteiger partial charge in [0.05, 0.1) is 51.3 Å². The topological polar surface area (TPSA) is 73.4 Å². The summed E-state index contributed by atoms with van der Waals surface area (Å²) in [5, 5.41) is 0.462. The maximum absolute atomic E-state index is 13.6. The zero-order valence-corrected chi connectivity index (χ0v) is 21.5. The Morgan fingerprint density at radius 2 is 1.73 bits per heavy atom. The molecule has 1 aromatic heterocycles. The van der Waals surface area contributed by atoms with E-state index in [1.54, 1.807) is 36.3 Å². The largest absolute Gasteiger partial charge is 0.493 e. The van der Waals surface area contributed by atoms with Crippen molar-refractivity contribution >= 4 is 16.9 Å². The van der Waals surface area contributed by atoms with Crippen LogP contribution in [-0.4, -0.2) is 45.1 Å². The summed E-state index contributed by atoms with van der Waals surface area (Å²) in [7, 11) is 5.65. The minimum atomic E-state index is -0.581. The number of methoxy groups -OCH3 is 1. The van der Waals surface area contributed by atoms with Gasteiger partial charge in [0.25, 0.3) is 5.91 Å². The summed E-state index contributed by atoms with van der Waals surface area (Å²) in [6.45, 7) is 3.64. The van der Waals surface area contributed by atoms with Crippen LogP contribution in [0.25, 0.3) is 11.0 Å². The highest BCUT2D eigenvalue weighted by molar-refractivity contribution is 5.99. The molecule has 0 fully saturated rings. The molecule has 0 saturated heterocycles. The fourth-order valence-electron chi connectivity index (χ4n) is 4.71. The molecule has 7 heteroatoms. The van der Waals surface area contributed by atoms with Crippen LogP contribution in [0.15, 0.2) is 75.9 Å². The Bertz CT molecular complexity index is 1510. The molecule has 4 aromatic rings. The monoisotopic (exact) mass is 499 g/mol. The van der Waals surface area contributed by atoms with E-state index in [0.29, 0.717) is 41.2 Å². The number of likely N-dealkylation sites (N-methyl/N-ethyl adjacent to an activating group) is 1. The van der Waals surface area contributed by atoms with Gasteiger partial charge in [0.1, 0.15) is 12.2 Å². The van der Waals surface area contributed by atoms with Gasteiger partial charge < -0.3 is 23.7 Å². The van der Waals surface area contributed by atoms with E-state index in [1.807, 2.05) is 63.5 Å². The Morgan fingerprint density at radius 1 is 0.973 bits per heavy atom. The van der Waals surface area contributed by atoms with Gasteiger partial charge in [-0.3, -0.25) is 9.59 Å². The van der Waals surface area contributed by atoms with Crippen molar-refractivity contribution in [3.05, 3.63) is 105 Å². The Hall–Kier alpha value is -4.10. The number of aryl methyl sites for hydroxylation is 1. The molecular weight excluding hydrogens is 468 g/mol. The van der Waals surface area contributed by atoms with Crippen molar-refractivity contribution in [3.63, 3.8) is 0 Å². The molecule has 0 unspecified atom stereocenters. The summed E-state index contributed by atoms with van der Waals surface area (Å²) >= 11 is 0. The molecular formula is C30H31N2O5+. The van der Waals surface area contributed by atoms with E-state index in [0.717, 1.165) is 17.7 Å². The number of hydrogen-bond donors (Lipinski definition) is 1. The predicted molar refractivity (Wildman–Crippen MR) is 142 cm³/mol. The van der Waals surface area contributed by atoms with Crippen molar-refractivity contribution in [2.24, 2.45) is 0 Å². The quantitative estimate of drug-likeness (QED) is 0.403. The number of rotatable bonds is 8. The van der Waals surface area contributed by atoms with Crippen molar-refractivity contribution in [1.29, 1.82) is 0 Å². The third kappa shape index (κ3) is 4.70. The highest BCUT2D eigenvalue weighted by Gasteiger charge is 2.43. The van der Waals surface area contributed by atoms with Crippen LogP contribution in [0.4, 0.5) is 0 Å². The molecule has 5 rings (SSSR count). The number of nitrogens with zero attached hydrogens (tertiary/aromatic N) is 1. The van der Waals surface area contributed by atoms with Gasteiger partial charge in [-0.15, -0.1) is 0 Å². The number of benzene rings is 3. The Kier molecular flexibility index (Phi) is 6.72. The lowest BCUT2D eigenvalue weighted by Crippen LogP contribution is -3.06. The Morgan fingerprint density at radius 3 is 2.46 bits per heavy atom. The normalized spacial score (nSPS) is 14.9. The minimum Gasteiger partial charge on any atom is -0.493 e. The Balaban J connectivity index is 1.55. The number of fused-ring (bicyclic) bond motifs is 2. The summed E-state index contributed by atoms with van der Waals surface area (Å²) in [6.07, 6.45) is 0. The lowest BCUT2D eigenvalue weighted by Gasteiger charge is -2.26. The summed E-state index contributed by atoms with van der Waals surface area (Å²) in [5.74, 6) is 0.962. The van der Waals surface area contributed by atoms with E-state index in [4.69, 9.17) is 13.9 Å². The van der Waals surface area contributed by atoms with Crippen molar-refractivity contribution in [2.75, 3.05) is 34.3 Å². The van der Waals surface area contributed by atoms with Gasteiger partial charge in [0.15, 0.2) is 16.9 Å². The first-order chi connectivity index (χ1) is 17.9. The highest BCUT2D eigenvalue weighted by Crippen LogP contribution is 2.40. The second-order valence-corrected chi connectivity index (χ2v) is 9.71. The van der Waals surface area contributed by atoms with Crippen LogP contribution in [0, 0.1) is 6.92 Å². The van der Waals surface area contributed by atoms with Crippen molar-refractivity contribution in [2.45, 2.75) is 19.6 Å². The Labute approximate surface area is 215 Å². The number of carbonyl (C=O) groups is 1. The number of quaternary nitrogens is 1. The van der Waals surface area contributed by atoms with E-state index in [-0.39, 0.29) is 17.1 Å². The van der Waals surface area contributed by atoms with Gasteiger partial charge in [-0.25, -0.2) is 0 Å². The molecule has 1 amide bonds. The average Bonchev–Trinajstić information content (AvgIpc) is 3.18. The molecule has 1 N–H and O–H groups in total. The third-order valence-electron chi connectivity index (χ3n) is 6.74. The fraction of sp³-hybridized carbons (Fsp3) is 0.267. The molecule has 1 aliphatic heterocycles. The second kappa shape index (κ2) is 10.1. The molecule has 1 aliphatic rings. The number of ether oxygens (including phenoxy) is 2. The number of nitrogens with one attached hydrogen (secondary N) is 1. The summed E-state index contributed by atoms with van der Waals surface area (Å²) in [4.78, 5) is 30.1. The third-order valence-corrected chi connectivity index (χ3v) is 6.74. The van der Waals surface area contributed by atoms with Crippen molar-refractivity contribution < 1.29 is 23.6 Å². The molecule has 37 heavy (non-hydrogen) atoms. The van der Waals surface area contributed by atoms with Crippen LogP contribution in [0.2, 0.25) is 0 Å². The maximum atomic E-state index is 13.6. The summed E-state index contributed by atoms with van der Waals surface area (Å²) in [6, 6.07) is 20.2. The van der Waals surface area contributed by atoms with Crippen LogP contribution in [-0.2, 0) is 6.61 Å². The first-order valence-corrected chi connectivity index (χ1v) is 12.4. The smallest absolute Gasteiger partial charge is 0.291 e. The van der Waals surface area contributed by atoms with Gasteiger partial charge in [-0.2, -0.15) is 0 Å². The zero-order valence-electron chi connectivity index (χ0n) is 21.5. The second-order valence-electron chi connectivity index (χ2n) is 9.71. The summed E-state index contributed by atoms with van der Waals surface area (Å²) in [5.41, 5.74) is 3.60. The van der Waals surface area contributed by atoms with E-state index in [2.05, 4.69) is 0 Å². The van der Waals surface area contributed by atoms with E-state index < -0.39 is 6.04 Å². The van der Waals surface area contributed by atoms with Gasteiger partial charge >= 0.3 is 0 Å². The van der Waals surface area contributed by atoms with E-state index in [9.17, 15) is 9.59 Å². The number of para-hydroxylation sites is 1. The van der Waals surface area contributed by atoms with Crippen LogP contribution < -0.4 is 19.8 Å². The molecule has 3 aromatic carbocycles. The minimum absolute atomic E-state index is 0.112. The fourth-order valence-corrected chi connectivity index (χ4v) is 4.71. The predicted octanol–water partition coefficient (Wildman–Crippen LogP) is 3.38. The summed E-state index contributed by atoms with van der Waals surface area (Å²) < 4.78 is 17.7. The molecule has 2 heterocycles. The molecule has 7 nitrogen and oxygen atoms in total. The molecule has 0 aliphatic carbocycles. The molecule has 0 spiro atoms. The van der Waals surface area contributed by atoms with Gasteiger partial charge in [-0.1, -0.05) is 48.0 Å². The van der Waals surface area contributed by atoms with Crippen LogP contribution in [0.5, 0.6) is 11.5 Å². The lowest BCUT2D eigenvalue weighted by atomic mass is 9.98. The number of hydrogen-bond acceptors (Lipinski definition) is 5. The molecule has 190 valence electrons. The van der Waals surface area contributed by atoms with Crippen LogP contribution >= 0.6 is 0 Å². The molecule has 1 atom stereocenters. The highest BCUT2D eigenvalue weighted by atomic mass is 16.5. The van der Waals surface area contributed by atoms with Crippen LogP contribution in [0.3, 0.4) is 0 Å². The van der Waals surface area contributed by atoms with Crippen molar-refractivity contribution in [3.8, 4) is 11.5 Å². The molecule has 0 saturated carbocycles. The van der Waals surface area contributed by atoms with E-state index >= 15 is 0 Å². The van der Waals surface area contributed by atoms with Gasteiger partial charge in [0, 0.05) is 0 Å². The number of carbonyl (C=O) groups excluding carboxylic acids is 1. The van der Waals surface area contributed by atoms with E-state index in [1.165, 1.54) is 10.5 Å². The molecule has 0 bridgehead atoms. The molecule has 0 radical (unpaired) electrons.